The van der Waals surface area contributed by atoms with Gasteiger partial charge in [0.25, 0.3) is 0 Å². The van der Waals surface area contributed by atoms with Crippen molar-refractivity contribution in [2.45, 2.75) is 13.0 Å². The van der Waals surface area contributed by atoms with E-state index in [-0.39, 0.29) is 5.82 Å². The molecule has 18 heavy (non-hydrogen) atoms. The zero-order valence-corrected chi connectivity index (χ0v) is 10.1. The van der Waals surface area contributed by atoms with Gasteiger partial charge in [-0.05, 0) is 6.07 Å². The Kier molecular flexibility index (Phi) is 3.88. The molecule has 0 spiro atoms. The van der Waals surface area contributed by atoms with Gasteiger partial charge in [0.15, 0.2) is 0 Å². The van der Waals surface area contributed by atoms with Crippen LogP contribution in [0, 0.1) is 5.82 Å². The maximum absolute atomic E-state index is 13.5. The van der Waals surface area contributed by atoms with Crippen molar-refractivity contribution in [3.05, 3.63) is 41.5 Å². The van der Waals surface area contributed by atoms with Gasteiger partial charge in [0.1, 0.15) is 5.82 Å². The smallest absolute Gasteiger partial charge is 0.318 e. The fourth-order valence-electron chi connectivity index (χ4n) is 1.57. The molecule has 0 unspecified atom stereocenters. The third kappa shape index (κ3) is 2.84. The lowest BCUT2D eigenvalue weighted by molar-refractivity contribution is 0.488. The Morgan fingerprint density at radius 1 is 1.33 bits per heavy atom. The van der Waals surface area contributed by atoms with Gasteiger partial charge in [-0.25, -0.2) is 4.39 Å². The van der Waals surface area contributed by atoms with E-state index in [1.54, 1.807) is 30.1 Å². The van der Waals surface area contributed by atoms with Crippen molar-refractivity contribution in [1.82, 2.24) is 10.2 Å². The predicted molar refractivity (Wildman–Crippen MR) is 65.6 cm³/mol. The van der Waals surface area contributed by atoms with Crippen LogP contribution in [0.15, 0.2) is 28.7 Å². The van der Waals surface area contributed by atoms with Crippen LogP contribution in [0.1, 0.15) is 11.5 Å². The number of benzene rings is 1. The van der Waals surface area contributed by atoms with Gasteiger partial charge in [-0.15, -0.1) is 5.10 Å². The minimum Gasteiger partial charge on any atom is -0.408 e. The SMILES string of the molecule is CN(Cc1ccccc1F)c1nnc(CCN)o1. The number of hydrogen-bond donors (Lipinski definition) is 1. The van der Waals surface area contributed by atoms with Gasteiger partial charge in [-0.2, -0.15) is 0 Å². The Hall–Kier alpha value is -1.95. The molecule has 2 aromatic rings. The first-order valence-electron chi connectivity index (χ1n) is 5.67. The van der Waals surface area contributed by atoms with Gasteiger partial charge in [-0.1, -0.05) is 23.3 Å². The summed E-state index contributed by atoms with van der Waals surface area (Å²) in [7, 11) is 1.77. The molecule has 0 saturated carbocycles. The van der Waals surface area contributed by atoms with Gasteiger partial charge in [-0.3, -0.25) is 0 Å². The molecule has 1 aromatic heterocycles. The summed E-state index contributed by atoms with van der Waals surface area (Å²) in [6.07, 6.45) is 0.542. The highest BCUT2D eigenvalue weighted by atomic mass is 19.1. The molecule has 0 saturated heterocycles. The van der Waals surface area contributed by atoms with Gasteiger partial charge in [0.2, 0.25) is 5.89 Å². The summed E-state index contributed by atoms with van der Waals surface area (Å²) < 4.78 is 18.9. The Bertz CT molecular complexity index is 514. The van der Waals surface area contributed by atoms with Crippen LogP contribution < -0.4 is 10.6 Å². The van der Waals surface area contributed by atoms with Gasteiger partial charge in [0, 0.05) is 32.1 Å². The van der Waals surface area contributed by atoms with Crippen molar-refractivity contribution in [2.75, 3.05) is 18.5 Å². The molecule has 6 heteroatoms. The fraction of sp³-hybridized carbons (Fsp3) is 0.333. The first kappa shape index (κ1) is 12.5. The summed E-state index contributed by atoms with van der Waals surface area (Å²) in [4.78, 5) is 1.70. The summed E-state index contributed by atoms with van der Waals surface area (Å²) >= 11 is 0. The zero-order chi connectivity index (χ0) is 13.0. The molecule has 0 aliphatic heterocycles. The summed E-state index contributed by atoms with van der Waals surface area (Å²) in [5.41, 5.74) is 5.98. The summed E-state index contributed by atoms with van der Waals surface area (Å²) in [6, 6.07) is 6.96. The van der Waals surface area contributed by atoms with Crippen molar-refractivity contribution in [3.63, 3.8) is 0 Å². The molecule has 0 amide bonds. The molecule has 96 valence electrons. The van der Waals surface area contributed by atoms with Crippen LogP contribution in [0.3, 0.4) is 0 Å². The maximum Gasteiger partial charge on any atom is 0.318 e. The molecule has 0 aliphatic carbocycles. The lowest BCUT2D eigenvalue weighted by Crippen LogP contribution is -2.17. The molecule has 5 nitrogen and oxygen atoms in total. The number of hydrogen-bond acceptors (Lipinski definition) is 5. The molecule has 1 aromatic carbocycles. The van der Waals surface area contributed by atoms with Gasteiger partial charge < -0.3 is 15.1 Å². The Morgan fingerprint density at radius 3 is 2.83 bits per heavy atom. The van der Waals surface area contributed by atoms with Crippen molar-refractivity contribution < 1.29 is 8.81 Å². The molecule has 0 bridgehead atoms. The standard InChI is InChI=1S/C12H15FN4O/c1-17(8-9-4-2-3-5-10(9)13)12-16-15-11(18-12)6-7-14/h2-5H,6-8,14H2,1H3. The van der Waals surface area contributed by atoms with E-state index >= 15 is 0 Å². The van der Waals surface area contributed by atoms with Crippen LogP contribution in [0.5, 0.6) is 0 Å². The lowest BCUT2D eigenvalue weighted by atomic mass is 10.2. The van der Waals surface area contributed by atoms with E-state index in [2.05, 4.69) is 10.2 Å². The van der Waals surface area contributed by atoms with Crippen molar-refractivity contribution in [2.24, 2.45) is 5.73 Å². The Labute approximate surface area is 104 Å². The zero-order valence-electron chi connectivity index (χ0n) is 10.1. The van der Waals surface area contributed by atoms with Crippen LogP contribution >= 0.6 is 0 Å². The molecule has 2 rings (SSSR count). The molecule has 0 atom stereocenters. The van der Waals surface area contributed by atoms with E-state index in [0.29, 0.717) is 37.0 Å². The van der Waals surface area contributed by atoms with Crippen molar-refractivity contribution in [3.8, 4) is 0 Å². The molecule has 0 fully saturated rings. The Morgan fingerprint density at radius 2 is 2.11 bits per heavy atom. The van der Waals surface area contributed by atoms with Crippen molar-refractivity contribution in [1.29, 1.82) is 0 Å². The third-order valence-corrected chi connectivity index (χ3v) is 2.51. The molecule has 0 radical (unpaired) electrons. The maximum atomic E-state index is 13.5. The topological polar surface area (TPSA) is 68.2 Å². The number of anilines is 1. The quantitative estimate of drug-likeness (QED) is 0.867. The number of nitrogens with zero attached hydrogens (tertiary/aromatic N) is 3. The second kappa shape index (κ2) is 5.59. The van der Waals surface area contributed by atoms with E-state index in [0.717, 1.165) is 0 Å². The van der Waals surface area contributed by atoms with Crippen LogP contribution in [0.4, 0.5) is 10.4 Å². The fourth-order valence-corrected chi connectivity index (χ4v) is 1.57. The number of nitrogens with two attached hydrogens (primary N) is 1. The molecule has 0 aliphatic rings. The molecule has 1 heterocycles. The number of rotatable bonds is 5. The average Bonchev–Trinajstić information content (AvgIpc) is 2.81. The van der Waals surface area contributed by atoms with E-state index in [4.69, 9.17) is 10.2 Å². The Balaban J connectivity index is 2.07. The second-order valence-electron chi connectivity index (χ2n) is 3.96. The summed E-state index contributed by atoms with van der Waals surface area (Å²) in [5, 5.41) is 7.75. The molecular formula is C12H15FN4O. The monoisotopic (exact) mass is 250 g/mol. The highest BCUT2D eigenvalue weighted by Crippen LogP contribution is 2.15. The summed E-state index contributed by atoms with van der Waals surface area (Å²) in [6.45, 7) is 0.829. The van der Waals surface area contributed by atoms with Crippen LogP contribution in [0.2, 0.25) is 0 Å². The minimum atomic E-state index is -0.244. The van der Waals surface area contributed by atoms with Crippen LogP contribution in [0.25, 0.3) is 0 Å². The predicted octanol–water partition coefficient (Wildman–Crippen LogP) is 1.35. The van der Waals surface area contributed by atoms with Crippen LogP contribution in [-0.2, 0) is 13.0 Å². The summed E-state index contributed by atoms with van der Waals surface area (Å²) in [5.74, 6) is 0.249. The highest BCUT2D eigenvalue weighted by Gasteiger charge is 2.12. The minimum absolute atomic E-state index is 0.244. The average molecular weight is 250 g/mol. The first-order chi connectivity index (χ1) is 8.70. The first-order valence-corrected chi connectivity index (χ1v) is 5.67. The van der Waals surface area contributed by atoms with Gasteiger partial charge in [0.05, 0.1) is 0 Å². The highest BCUT2D eigenvalue weighted by molar-refractivity contribution is 5.27. The third-order valence-electron chi connectivity index (χ3n) is 2.51. The number of aromatic nitrogens is 2. The second-order valence-corrected chi connectivity index (χ2v) is 3.96. The largest absolute Gasteiger partial charge is 0.408 e. The molecular weight excluding hydrogens is 235 g/mol. The molecule has 2 N–H and O–H groups in total. The number of halogens is 1. The van der Waals surface area contributed by atoms with Gasteiger partial charge >= 0.3 is 6.01 Å². The van der Waals surface area contributed by atoms with E-state index < -0.39 is 0 Å². The lowest BCUT2D eigenvalue weighted by Gasteiger charge is -2.14. The van der Waals surface area contributed by atoms with Crippen molar-refractivity contribution >= 4 is 6.01 Å². The van der Waals surface area contributed by atoms with Crippen LogP contribution in [-0.4, -0.2) is 23.8 Å². The van der Waals surface area contributed by atoms with E-state index in [9.17, 15) is 4.39 Å². The van der Waals surface area contributed by atoms with E-state index in [1.165, 1.54) is 6.07 Å². The normalized spacial score (nSPS) is 10.6. The van der Waals surface area contributed by atoms with E-state index in [1.807, 2.05) is 0 Å².